The Morgan fingerprint density at radius 2 is 1.78 bits per heavy atom. The number of aromatic hydroxyl groups is 1. The van der Waals surface area contributed by atoms with Crippen molar-refractivity contribution in [2.24, 2.45) is 0 Å². The quantitative estimate of drug-likeness (QED) is 0.791. The van der Waals surface area contributed by atoms with Crippen molar-refractivity contribution in [1.82, 2.24) is 0 Å². The fourth-order valence-corrected chi connectivity index (χ4v) is 1.83. The Balaban J connectivity index is 2.43. The lowest BCUT2D eigenvalue weighted by atomic mass is 10.1. The van der Waals surface area contributed by atoms with E-state index >= 15 is 0 Å². The Bertz CT molecular complexity index is 625. The number of amides is 1. The van der Waals surface area contributed by atoms with E-state index in [-0.39, 0.29) is 11.7 Å². The molecule has 2 N–H and O–H groups in total. The molecular formula is C15H15NO2. The second-order valence-electron chi connectivity index (χ2n) is 4.39. The highest BCUT2D eigenvalue weighted by Crippen LogP contribution is 2.29. The predicted octanol–water partition coefficient (Wildman–Crippen LogP) is 3.45. The van der Waals surface area contributed by atoms with Gasteiger partial charge in [0.05, 0.1) is 0 Å². The van der Waals surface area contributed by atoms with Gasteiger partial charge in [-0.25, -0.2) is 0 Å². The molecule has 0 atom stereocenters. The Kier molecular flexibility index (Phi) is 3.33. The van der Waals surface area contributed by atoms with Crippen molar-refractivity contribution in [2.45, 2.75) is 13.8 Å². The van der Waals surface area contributed by atoms with Crippen molar-refractivity contribution >= 4 is 22.4 Å². The van der Waals surface area contributed by atoms with Crippen molar-refractivity contribution in [3.63, 3.8) is 0 Å². The molecule has 0 spiro atoms. The van der Waals surface area contributed by atoms with Crippen LogP contribution < -0.4 is 5.32 Å². The van der Waals surface area contributed by atoms with Crippen molar-refractivity contribution in [3.8, 4) is 5.75 Å². The van der Waals surface area contributed by atoms with Crippen molar-refractivity contribution in [3.05, 3.63) is 48.0 Å². The second-order valence-corrected chi connectivity index (χ2v) is 4.39. The smallest absolute Gasteiger partial charge is 0.248 e. The number of carbonyl (C=O) groups excluding carboxylic acids is 1. The van der Waals surface area contributed by atoms with Crippen LogP contribution in [-0.4, -0.2) is 11.0 Å². The number of fused-ring (bicyclic) bond motifs is 1. The largest absolute Gasteiger partial charge is 0.507 e. The summed E-state index contributed by atoms with van der Waals surface area (Å²) < 4.78 is 0. The zero-order chi connectivity index (χ0) is 13.1. The summed E-state index contributed by atoms with van der Waals surface area (Å²) in [5, 5.41) is 14.1. The van der Waals surface area contributed by atoms with Gasteiger partial charge in [-0.2, -0.15) is 0 Å². The molecule has 2 rings (SSSR count). The van der Waals surface area contributed by atoms with E-state index < -0.39 is 0 Å². The van der Waals surface area contributed by atoms with E-state index in [1.807, 2.05) is 32.0 Å². The molecule has 1 amide bonds. The van der Waals surface area contributed by atoms with Crippen LogP contribution in [0, 0.1) is 0 Å². The zero-order valence-electron chi connectivity index (χ0n) is 10.4. The van der Waals surface area contributed by atoms with Crippen LogP contribution in [0.2, 0.25) is 0 Å². The SMILES string of the molecule is CC(C)=CC(=O)Nc1cccc2c(O)cccc12. The first-order chi connectivity index (χ1) is 8.58. The second kappa shape index (κ2) is 4.92. The summed E-state index contributed by atoms with van der Waals surface area (Å²) >= 11 is 0. The molecule has 0 aliphatic heterocycles. The van der Waals surface area contributed by atoms with Gasteiger partial charge in [0.25, 0.3) is 0 Å². The minimum Gasteiger partial charge on any atom is -0.507 e. The topological polar surface area (TPSA) is 49.3 Å². The van der Waals surface area contributed by atoms with E-state index in [0.29, 0.717) is 5.69 Å². The first-order valence-electron chi connectivity index (χ1n) is 5.74. The van der Waals surface area contributed by atoms with Crippen LogP contribution in [0.4, 0.5) is 5.69 Å². The van der Waals surface area contributed by atoms with Crippen LogP contribution in [0.3, 0.4) is 0 Å². The Morgan fingerprint density at radius 3 is 2.50 bits per heavy atom. The minimum atomic E-state index is -0.161. The molecule has 0 bridgehead atoms. The molecule has 0 radical (unpaired) electrons. The minimum absolute atomic E-state index is 0.161. The van der Waals surface area contributed by atoms with E-state index in [4.69, 9.17) is 0 Å². The van der Waals surface area contributed by atoms with Crippen molar-refractivity contribution in [2.75, 3.05) is 5.32 Å². The molecule has 0 heterocycles. The number of rotatable bonds is 2. The lowest BCUT2D eigenvalue weighted by Crippen LogP contribution is -2.08. The highest BCUT2D eigenvalue weighted by atomic mass is 16.3. The van der Waals surface area contributed by atoms with Crippen LogP contribution in [0.15, 0.2) is 48.0 Å². The standard InChI is InChI=1S/C15H15NO2/c1-10(2)9-15(18)16-13-7-3-6-12-11(13)5-4-8-14(12)17/h3-9,17H,1-2H3,(H,16,18). The van der Waals surface area contributed by atoms with E-state index in [0.717, 1.165) is 16.3 Å². The number of hydrogen-bond acceptors (Lipinski definition) is 2. The Hall–Kier alpha value is -2.29. The van der Waals surface area contributed by atoms with Gasteiger partial charge >= 0.3 is 0 Å². The van der Waals surface area contributed by atoms with Gasteiger partial charge in [0.2, 0.25) is 5.91 Å². The summed E-state index contributed by atoms with van der Waals surface area (Å²) in [5.74, 6) is 0.0525. The lowest BCUT2D eigenvalue weighted by molar-refractivity contribution is -0.111. The predicted molar refractivity (Wildman–Crippen MR) is 73.7 cm³/mol. The lowest BCUT2D eigenvalue weighted by Gasteiger charge is -2.08. The molecule has 2 aromatic rings. The summed E-state index contributed by atoms with van der Waals surface area (Å²) in [4.78, 5) is 11.7. The van der Waals surface area contributed by atoms with E-state index in [9.17, 15) is 9.90 Å². The average Bonchev–Trinajstić information content (AvgIpc) is 2.29. The molecule has 3 heteroatoms. The molecule has 0 aliphatic rings. The number of phenolic OH excluding ortho intramolecular Hbond substituents is 1. The summed E-state index contributed by atoms with van der Waals surface area (Å²) in [6.45, 7) is 3.74. The molecule has 2 aromatic carbocycles. The molecule has 0 unspecified atom stereocenters. The zero-order valence-corrected chi connectivity index (χ0v) is 10.4. The third-order valence-electron chi connectivity index (χ3n) is 2.58. The van der Waals surface area contributed by atoms with Gasteiger partial charge < -0.3 is 10.4 Å². The number of allylic oxidation sites excluding steroid dienone is 1. The fraction of sp³-hybridized carbons (Fsp3) is 0.133. The van der Waals surface area contributed by atoms with Gasteiger partial charge in [0.15, 0.2) is 0 Å². The number of anilines is 1. The molecule has 3 nitrogen and oxygen atoms in total. The highest BCUT2D eigenvalue weighted by Gasteiger charge is 2.05. The van der Waals surface area contributed by atoms with Gasteiger partial charge in [-0.15, -0.1) is 0 Å². The van der Waals surface area contributed by atoms with Crippen LogP contribution in [0.25, 0.3) is 10.8 Å². The maximum Gasteiger partial charge on any atom is 0.248 e. The van der Waals surface area contributed by atoms with Gasteiger partial charge in [-0.3, -0.25) is 4.79 Å². The molecule has 0 aromatic heterocycles. The van der Waals surface area contributed by atoms with E-state index in [2.05, 4.69) is 5.32 Å². The van der Waals surface area contributed by atoms with E-state index in [1.165, 1.54) is 0 Å². The summed E-state index contributed by atoms with van der Waals surface area (Å²) in [6, 6.07) is 10.7. The molecule has 92 valence electrons. The monoisotopic (exact) mass is 241 g/mol. The van der Waals surface area contributed by atoms with Crippen LogP contribution in [-0.2, 0) is 4.79 Å². The van der Waals surface area contributed by atoms with E-state index in [1.54, 1.807) is 24.3 Å². The third kappa shape index (κ3) is 2.51. The Morgan fingerprint density at radius 1 is 1.11 bits per heavy atom. The molecule has 0 fully saturated rings. The number of nitrogens with one attached hydrogen (secondary N) is 1. The summed E-state index contributed by atoms with van der Waals surface area (Å²) in [6.07, 6.45) is 1.54. The normalized spacial score (nSPS) is 10.1. The van der Waals surface area contributed by atoms with Crippen molar-refractivity contribution in [1.29, 1.82) is 0 Å². The van der Waals surface area contributed by atoms with Crippen LogP contribution in [0.5, 0.6) is 5.75 Å². The first-order valence-corrected chi connectivity index (χ1v) is 5.74. The summed E-state index contributed by atoms with van der Waals surface area (Å²) in [5.41, 5.74) is 1.64. The van der Waals surface area contributed by atoms with Gasteiger partial charge in [-0.1, -0.05) is 29.8 Å². The average molecular weight is 241 g/mol. The number of phenols is 1. The molecular weight excluding hydrogens is 226 g/mol. The van der Waals surface area contributed by atoms with Gasteiger partial charge in [0.1, 0.15) is 5.75 Å². The highest BCUT2D eigenvalue weighted by molar-refractivity contribution is 6.07. The maximum atomic E-state index is 11.7. The molecule has 18 heavy (non-hydrogen) atoms. The first kappa shape index (κ1) is 12.2. The fourth-order valence-electron chi connectivity index (χ4n) is 1.83. The van der Waals surface area contributed by atoms with Crippen molar-refractivity contribution < 1.29 is 9.90 Å². The maximum absolute atomic E-state index is 11.7. The third-order valence-corrected chi connectivity index (χ3v) is 2.58. The number of benzene rings is 2. The Labute approximate surface area is 106 Å². The van der Waals surface area contributed by atoms with Crippen LogP contribution in [0.1, 0.15) is 13.8 Å². The molecule has 0 saturated carbocycles. The summed E-state index contributed by atoms with van der Waals surface area (Å²) in [7, 11) is 0. The van der Waals surface area contributed by atoms with Gasteiger partial charge in [0, 0.05) is 22.5 Å². The van der Waals surface area contributed by atoms with Gasteiger partial charge in [-0.05, 0) is 26.0 Å². The molecule has 0 aliphatic carbocycles. The number of hydrogen-bond donors (Lipinski definition) is 2. The van der Waals surface area contributed by atoms with Crippen LogP contribution >= 0.6 is 0 Å². The number of carbonyl (C=O) groups is 1. The molecule has 0 saturated heterocycles.